The molecule has 0 unspecified atom stereocenters. The van der Waals surface area contributed by atoms with E-state index in [0.29, 0.717) is 11.6 Å². The summed E-state index contributed by atoms with van der Waals surface area (Å²) in [6.45, 7) is 0. The molecule has 142 valence electrons. The van der Waals surface area contributed by atoms with Gasteiger partial charge in [-0.2, -0.15) is 5.21 Å². The number of H-pyrrole nitrogens is 1. The molecular formula is C21H15N5O2S. The molecule has 29 heavy (non-hydrogen) atoms. The van der Waals surface area contributed by atoms with E-state index in [1.54, 1.807) is 24.6 Å². The Balaban J connectivity index is 1.43. The molecule has 0 saturated carbocycles. The zero-order chi connectivity index (χ0) is 19.6. The lowest BCUT2D eigenvalue weighted by molar-refractivity contribution is 0.415. The van der Waals surface area contributed by atoms with Crippen molar-refractivity contribution in [3.63, 3.8) is 0 Å². The molecule has 2 aromatic carbocycles. The second kappa shape index (κ2) is 7.33. The number of pyridine rings is 1. The van der Waals surface area contributed by atoms with Crippen LogP contribution in [-0.4, -0.2) is 32.7 Å². The Bertz CT molecular complexity index is 1270. The lowest BCUT2D eigenvalue weighted by Crippen LogP contribution is -1.87. The van der Waals surface area contributed by atoms with Gasteiger partial charge in [0.1, 0.15) is 11.5 Å². The predicted molar refractivity (Wildman–Crippen MR) is 111 cm³/mol. The van der Waals surface area contributed by atoms with Crippen molar-refractivity contribution < 1.29 is 9.47 Å². The lowest BCUT2D eigenvalue weighted by Gasteiger charge is -2.08. The summed E-state index contributed by atoms with van der Waals surface area (Å²) in [5, 5.41) is 15.1. The monoisotopic (exact) mass is 401 g/mol. The van der Waals surface area contributed by atoms with Crippen molar-refractivity contribution in [1.82, 2.24) is 25.6 Å². The van der Waals surface area contributed by atoms with Crippen LogP contribution >= 0.6 is 11.3 Å². The van der Waals surface area contributed by atoms with Crippen LogP contribution in [0.2, 0.25) is 0 Å². The van der Waals surface area contributed by atoms with Crippen LogP contribution in [0.4, 0.5) is 0 Å². The standard InChI is InChI=1S/C21H15N5O2S/c1-27-16-4-2-3-14(9-16)13-5-7-15(8-6-13)28-18-11-22-12-20-17(18)10-19(29-20)21-23-25-26-24-21/h2-12H,1H3,(H,23,24,25,26). The molecule has 8 heteroatoms. The van der Waals surface area contributed by atoms with Crippen LogP contribution in [0.15, 0.2) is 67.0 Å². The molecule has 1 N–H and O–H groups in total. The van der Waals surface area contributed by atoms with Crippen LogP contribution in [0.5, 0.6) is 17.2 Å². The van der Waals surface area contributed by atoms with Crippen LogP contribution in [-0.2, 0) is 0 Å². The van der Waals surface area contributed by atoms with Gasteiger partial charge in [-0.1, -0.05) is 24.3 Å². The molecule has 0 saturated heterocycles. The number of aromatic nitrogens is 5. The molecule has 0 amide bonds. The van der Waals surface area contributed by atoms with Crippen LogP contribution in [0.25, 0.3) is 31.9 Å². The van der Waals surface area contributed by atoms with E-state index >= 15 is 0 Å². The molecule has 0 spiro atoms. The van der Waals surface area contributed by atoms with E-state index in [4.69, 9.17) is 9.47 Å². The first-order chi connectivity index (χ1) is 14.3. The summed E-state index contributed by atoms with van der Waals surface area (Å²) in [5.41, 5.74) is 2.17. The van der Waals surface area contributed by atoms with Gasteiger partial charge >= 0.3 is 0 Å². The number of rotatable bonds is 5. The number of hydrogen-bond donors (Lipinski definition) is 1. The Morgan fingerprint density at radius 1 is 0.931 bits per heavy atom. The Kier molecular flexibility index (Phi) is 4.38. The number of thiophene rings is 1. The summed E-state index contributed by atoms with van der Waals surface area (Å²) in [5.74, 6) is 2.80. The Hall–Kier alpha value is -3.78. The van der Waals surface area contributed by atoms with Crippen molar-refractivity contribution >= 4 is 21.4 Å². The average molecular weight is 401 g/mol. The molecule has 0 radical (unpaired) electrons. The molecule has 3 aromatic heterocycles. The van der Waals surface area contributed by atoms with Gasteiger partial charge in [-0.3, -0.25) is 4.98 Å². The highest BCUT2D eigenvalue weighted by Crippen LogP contribution is 2.37. The largest absolute Gasteiger partial charge is 0.497 e. The highest BCUT2D eigenvalue weighted by Gasteiger charge is 2.13. The van der Waals surface area contributed by atoms with Gasteiger partial charge in [-0.05, 0) is 46.7 Å². The van der Waals surface area contributed by atoms with E-state index in [-0.39, 0.29) is 0 Å². The molecule has 7 nitrogen and oxygen atoms in total. The fourth-order valence-electron chi connectivity index (χ4n) is 3.04. The van der Waals surface area contributed by atoms with E-state index in [9.17, 15) is 0 Å². The second-order valence-electron chi connectivity index (χ2n) is 6.25. The van der Waals surface area contributed by atoms with Crippen LogP contribution in [0.1, 0.15) is 0 Å². The van der Waals surface area contributed by atoms with Crippen molar-refractivity contribution in [2.24, 2.45) is 0 Å². The predicted octanol–water partition coefficient (Wildman–Crippen LogP) is 4.94. The molecule has 0 aliphatic rings. The van der Waals surface area contributed by atoms with E-state index in [1.165, 1.54) is 0 Å². The van der Waals surface area contributed by atoms with Crippen molar-refractivity contribution in [3.8, 4) is 39.1 Å². The minimum atomic E-state index is 0.555. The average Bonchev–Trinajstić information content (AvgIpc) is 3.44. The van der Waals surface area contributed by atoms with Crippen molar-refractivity contribution in [2.45, 2.75) is 0 Å². The number of ether oxygens (including phenoxy) is 2. The normalized spacial score (nSPS) is 10.9. The van der Waals surface area contributed by atoms with Gasteiger partial charge in [0, 0.05) is 11.6 Å². The van der Waals surface area contributed by atoms with E-state index in [0.717, 1.165) is 37.6 Å². The minimum absolute atomic E-state index is 0.555. The molecule has 3 heterocycles. The molecule has 0 fully saturated rings. The number of aromatic amines is 1. The van der Waals surface area contributed by atoms with Crippen LogP contribution in [0.3, 0.4) is 0 Å². The summed E-state index contributed by atoms with van der Waals surface area (Å²) in [4.78, 5) is 5.20. The maximum Gasteiger partial charge on any atom is 0.214 e. The maximum absolute atomic E-state index is 6.11. The SMILES string of the molecule is COc1cccc(-c2ccc(Oc3cncc4sc(-c5nn[nH]n5)cc34)cc2)c1. The summed E-state index contributed by atoms with van der Waals surface area (Å²) < 4.78 is 12.4. The van der Waals surface area contributed by atoms with Crippen LogP contribution < -0.4 is 9.47 Å². The third-order valence-corrected chi connectivity index (χ3v) is 5.53. The fourth-order valence-corrected chi connectivity index (χ4v) is 4.01. The van der Waals surface area contributed by atoms with Gasteiger partial charge in [0.2, 0.25) is 5.82 Å². The first kappa shape index (κ1) is 17.3. The van der Waals surface area contributed by atoms with Gasteiger partial charge in [0.15, 0.2) is 5.75 Å². The third kappa shape index (κ3) is 3.41. The Morgan fingerprint density at radius 3 is 2.62 bits per heavy atom. The van der Waals surface area contributed by atoms with Gasteiger partial charge in [0.25, 0.3) is 0 Å². The van der Waals surface area contributed by atoms with Gasteiger partial charge in [-0.25, -0.2) is 0 Å². The molecule has 0 bridgehead atoms. The van der Waals surface area contributed by atoms with Gasteiger partial charge in [0.05, 0.1) is 22.9 Å². The number of fused-ring (bicyclic) bond motifs is 1. The van der Waals surface area contributed by atoms with Crippen molar-refractivity contribution in [2.75, 3.05) is 7.11 Å². The van der Waals surface area contributed by atoms with Gasteiger partial charge < -0.3 is 9.47 Å². The lowest BCUT2D eigenvalue weighted by atomic mass is 10.1. The van der Waals surface area contributed by atoms with Crippen molar-refractivity contribution in [3.05, 3.63) is 67.0 Å². The van der Waals surface area contributed by atoms with E-state index < -0.39 is 0 Å². The maximum atomic E-state index is 6.11. The zero-order valence-corrected chi connectivity index (χ0v) is 16.2. The van der Waals surface area contributed by atoms with E-state index in [1.807, 2.05) is 60.8 Å². The highest BCUT2D eigenvalue weighted by molar-refractivity contribution is 7.22. The fraction of sp³-hybridized carbons (Fsp3) is 0.0476. The molecule has 5 aromatic rings. The van der Waals surface area contributed by atoms with Gasteiger partial charge in [-0.15, -0.1) is 21.5 Å². The third-order valence-electron chi connectivity index (χ3n) is 4.46. The Labute approximate surface area is 170 Å². The first-order valence-electron chi connectivity index (χ1n) is 8.84. The number of nitrogens with one attached hydrogen (secondary N) is 1. The summed E-state index contributed by atoms with van der Waals surface area (Å²) in [6.07, 6.45) is 3.52. The minimum Gasteiger partial charge on any atom is -0.497 e. The van der Waals surface area contributed by atoms with Crippen molar-refractivity contribution in [1.29, 1.82) is 0 Å². The summed E-state index contributed by atoms with van der Waals surface area (Å²) in [7, 11) is 1.67. The topological polar surface area (TPSA) is 85.8 Å². The quantitative estimate of drug-likeness (QED) is 0.449. The highest BCUT2D eigenvalue weighted by atomic mass is 32.1. The van der Waals surface area contributed by atoms with E-state index in [2.05, 4.69) is 25.6 Å². The number of tetrazole rings is 1. The molecular weight excluding hydrogens is 386 g/mol. The molecule has 5 rings (SSSR count). The van der Waals surface area contributed by atoms with Crippen LogP contribution in [0, 0.1) is 0 Å². The molecule has 0 aliphatic carbocycles. The first-order valence-corrected chi connectivity index (χ1v) is 9.65. The zero-order valence-electron chi connectivity index (χ0n) is 15.4. The second-order valence-corrected chi connectivity index (χ2v) is 7.34. The smallest absolute Gasteiger partial charge is 0.214 e. The Morgan fingerprint density at radius 2 is 1.83 bits per heavy atom. The number of benzene rings is 2. The molecule has 0 atom stereocenters. The summed E-state index contributed by atoms with van der Waals surface area (Å²) in [6, 6.07) is 17.9. The number of nitrogens with zero attached hydrogens (tertiary/aromatic N) is 4. The number of hydrogen-bond acceptors (Lipinski definition) is 7. The summed E-state index contributed by atoms with van der Waals surface area (Å²) >= 11 is 1.54. The molecule has 0 aliphatic heterocycles. The number of methoxy groups -OCH3 is 1.